The highest BCUT2D eigenvalue weighted by Gasteiger charge is 2.32. The van der Waals surface area contributed by atoms with Gasteiger partial charge in [0, 0.05) is 19.3 Å². The van der Waals surface area contributed by atoms with Crippen LogP contribution in [-0.2, 0) is 27.4 Å². The summed E-state index contributed by atoms with van der Waals surface area (Å²) in [5, 5.41) is 6.22. The van der Waals surface area contributed by atoms with Gasteiger partial charge < -0.3 is 20.1 Å². The maximum atomic E-state index is 12.3. The molecule has 1 aliphatic rings. The Balaban J connectivity index is 1.74. The summed E-state index contributed by atoms with van der Waals surface area (Å²) in [5.74, 6) is 0.0121. The van der Waals surface area contributed by atoms with Crippen molar-refractivity contribution in [2.24, 2.45) is 4.99 Å². The van der Waals surface area contributed by atoms with Gasteiger partial charge in [0.15, 0.2) is 6.40 Å². The molecule has 1 aromatic rings. The third kappa shape index (κ3) is 6.98. The maximum absolute atomic E-state index is 12.3. The maximum Gasteiger partial charge on any atom is 0.237 e. The van der Waals surface area contributed by atoms with Crippen LogP contribution in [-0.4, -0.2) is 36.6 Å². The van der Waals surface area contributed by atoms with E-state index in [9.17, 15) is 4.79 Å². The van der Waals surface area contributed by atoms with Crippen molar-refractivity contribution in [1.29, 1.82) is 0 Å². The molecule has 1 heterocycles. The number of hydrogen-bond acceptors (Lipinski definition) is 5. The van der Waals surface area contributed by atoms with Crippen molar-refractivity contribution in [3.05, 3.63) is 48.2 Å². The van der Waals surface area contributed by atoms with Crippen LogP contribution in [0.5, 0.6) is 0 Å². The number of carbonyl (C=O) groups excluding carboxylic acids is 1. The summed E-state index contributed by atoms with van der Waals surface area (Å²) in [4.78, 5) is 16.1. The Morgan fingerprint density at radius 2 is 2.04 bits per heavy atom. The van der Waals surface area contributed by atoms with E-state index >= 15 is 0 Å². The minimum absolute atomic E-state index is 0.0121. The Morgan fingerprint density at radius 1 is 1.35 bits per heavy atom. The second-order valence-corrected chi connectivity index (χ2v) is 7.33. The van der Waals surface area contributed by atoms with Gasteiger partial charge in [-0.1, -0.05) is 30.8 Å². The summed E-state index contributed by atoms with van der Waals surface area (Å²) < 4.78 is 11.2. The number of ether oxygens (including phenoxy) is 2. The third-order valence-electron chi connectivity index (χ3n) is 3.91. The molecule has 1 amide bonds. The van der Waals surface area contributed by atoms with Gasteiger partial charge in [-0.15, -0.1) is 0 Å². The van der Waals surface area contributed by atoms with Gasteiger partial charge in [0.2, 0.25) is 5.91 Å². The molecule has 0 bridgehead atoms. The van der Waals surface area contributed by atoms with Gasteiger partial charge in [0.1, 0.15) is 6.61 Å². The Labute approximate surface area is 155 Å². The van der Waals surface area contributed by atoms with Gasteiger partial charge in [-0.2, -0.15) is 0 Å². The molecule has 0 aliphatic carbocycles. The molecule has 6 nitrogen and oxygen atoms in total. The minimum Gasteiger partial charge on any atom is -0.478 e. The van der Waals surface area contributed by atoms with E-state index in [1.54, 1.807) is 0 Å². The average molecular weight is 359 g/mol. The molecule has 2 atom stereocenters. The van der Waals surface area contributed by atoms with Gasteiger partial charge in [0.05, 0.1) is 17.7 Å². The van der Waals surface area contributed by atoms with E-state index in [-0.39, 0.29) is 23.7 Å². The molecular formula is C20H29N3O3. The van der Waals surface area contributed by atoms with Crippen molar-refractivity contribution in [3.8, 4) is 0 Å². The molecule has 0 saturated carbocycles. The molecule has 26 heavy (non-hydrogen) atoms. The number of nitrogens with zero attached hydrogens (tertiary/aromatic N) is 1. The lowest BCUT2D eigenvalue weighted by Gasteiger charge is -2.24. The number of rotatable bonds is 8. The fourth-order valence-electron chi connectivity index (χ4n) is 2.78. The summed E-state index contributed by atoms with van der Waals surface area (Å²) in [7, 11) is 0. The van der Waals surface area contributed by atoms with E-state index in [0.717, 1.165) is 11.1 Å². The summed E-state index contributed by atoms with van der Waals surface area (Å²) >= 11 is 0. The fraction of sp³-hybridized carbons (Fsp3) is 0.500. The van der Waals surface area contributed by atoms with Crippen LogP contribution in [0.1, 0.15) is 38.3 Å². The van der Waals surface area contributed by atoms with Crippen molar-refractivity contribution in [3.63, 3.8) is 0 Å². The second-order valence-electron chi connectivity index (χ2n) is 7.33. The molecule has 1 aromatic carbocycles. The molecule has 0 radical (unpaired) electrons. The number of amides is 1. The highest BCUT2D eigenvalue weighted by Crippen LogP contribution is 2.18. The lowest BCUT2D eigenvalue weighted by molar-refractivity contribution is -0.123. The molecule has 2 rings (SSSR count). The first kappa shape index (κ1) is 20.1. The van der Waals surface area contributed by atoms with Crippen molar-refractivity contribution in [2.75, 3.05) is 6.54 Å². The Hall–Kier alpha value is -2.18. The Kier molecular flexibility index (Phi) is 7.36. The van der Waals surface area contributed by atoms with Gasteiger partial charge in [-0.25, -0.2) is 4.99 Å². The van der Waals surface area contributed by atoms with Gasteiger partial charge in [-0.05, 0) is 38.3 Å². The van der Waals surface area contributed by atoms with Crippen LogP contribution >= 0.6 is 0 Å². The smallest absolute Gasteiger partial charge is 0.237 e. The summed E-state index contributed by atoms with van der Waals surface area (Å²) in [6.07, 6.45) is 3.56. The van der Waals surface area contributed by atoms with Crippen LogP contribution in [0.25, 0.3) is 0 Å². The number of hydrogen-bond donors (Lipinski definition) is 2. The molecule has 0 unspecified atom stereocenters. The van der Waals surface area contributed by atoms with Crippen LogP contribution < -0.4 is 10.6 Å². The topological polar surface area (TPSA) is 72.0 Å². The van der Waals surface area contributed by atoms with Crippen LogP contribution in [0.3, 0.4) is 0 Å². The third-order valence-corrected chi connectivity index (χ3v) is 3.91. The Morgan fingerprint density at radius 3 is 2.69 bits per heavy atom. The molecule has 6 heteroatoms. The van der Waals surface area contributed by atoms with Crippen molar-refractivity contribution in [2.45, 2.75) is 58.1 Å². The molecule has 1 fully saturated rings. The molecule has 0 aromatic heterocycles. The zero-order chi connectivity index (χ0) is 19.0. The SMILES string of the molecule is C=CN=COCc1ccc(CNC(=O)[C@@H]2C[C@@H](OC(C)(C)C)CN2)cc1. The van der Waals surface area contributed by atoms with Gasteiger partial charge >= 0.3 is 0 Å². The zero-order valence-corrected chi connectivity index (χ0v) is 15.8. The highest BCUT2D eigenvalue weighted by atomic mass is 16.5. The number of carbonyl (C=O) groups is 1. The molecule has 2 N–H and O–H groups in total. The number of aliphatic imine (C=N–C) groups is 1. The quantitative estimate of drug-likeness (QED) is 0.553. The summed E-state index contributed by atoms with van der Waals surface area (Å²) in [5.41, 5.74) is 1.89. The predicted molar refractivity (Wildman–Crippen MR) is 103 cm³/mol. The van der Waals surface area contributed by atoms with E-state index in [4.69, 9.17) is 9.47 Å². The van der Waals surface area contributed by atoms with Crippen molar-refractivity contribution in [1.82, 2.24) is 10.6 Å². The molecule has 1 aliphatic heterocycles. The van der Waals surface area contributed by atoms with E-state index in [2.05, 4.69) is 22.2 Å². The first-order valence-corrected chi connectivity index (χ1v) is 8.88. The minimum atomic E-state index is -0.195. The lowest BCUT2D eigenvalue weighted by Crippen LogP contribution is -2.40. The highest BCUT2D eigenvalue weighted by molar-refractivity contribution is 5.82. The summed E-state index contributed by atoms with van der Waals surface area (Å²) in [6.45, 7) is 11.2. The van der Waals surface area contributed by atoms with Crippen LogP contribution in [0, 0.1) is 0 Å². The lowest BCUT2D eigenvalue weighted by atomic mass is 10.1. The second kappa shape index (κ2) is 9.50. The number of nitrogens with one attached hydrogen (secondary N) is 2. The molecule has 0 spiro atoms. The first-order valence-electron chi connectivity index (χ1n) is 8.88. The normalized spacial score (nSPS) is 20.3. The van der Waals surface area contributed by atoms with Crippen molar-refractivity contribution >= 4 is 12.3 Å². The Bertz CT molecular complexity index is 620. The summed E-state index contributed by atoms with van der Waals surface area (Å²) in [6, 6.07) is 7.72. The van der Waals surface area contributed by atoms with Crippen LogP contribution in [0.15, 0.2) is 42.0 Å². The molecule has 142 valence electrons. The van der Waals surface area contributed by atoms with Crippen molar-refractivity contribution < 1.29 is 14.3 Å². The number of benzene rings is 1. The fourth-order valence-corrected chi connectivity index (χ4v) is 2.78. The largest absolute Gasteiger partial charge is 0.478 e. The molecular weight excluding hydrogens is 330 g/mol. The monoisotopic (exact) mass is 359 g/mol. The van der Waals surface area contributed by atoms with E-state index in [1.165, 1.54) is 12.6 Å². The molecule has 1 saturated heterocycles. The van der Waals surface area contributed by atoms with Gasteiger partial charge in [-0.3, -0.25) is 4.79 Å². The van der Waals surface area contributed by atoms with Crippen LogP contribution in [0.2, 0.25) is 0 Å². The van der Waals surface area contributed by atoms with E-state index in [1.807, 2.05) is 45.0 Å². The zero-order valence-electron chi connectivity index (χ0n) is 15.8. The first-order chi connectivity index (χ1) is 12.4. The van der Waals surface area contributed by atoms with E-state index in [0.29, 0.717) is 26.1 Å². The standard InChI is InChI=1S/C20H29N3O3/c1-5-21-14-25-13-16-8-6-15(7-9-16)11-23-19(24)18-10-17(12-22-18)26-20(2,3)4/h5-9,14,17-18,22H,1,10-13H2,2-4H3,(H,23,24)/t17-,18+/m1/s1. The van der Waals surface area contributed by atoms with Gasteiger partial charge in [0.25, 0.3) is 0 Å². The van der Waals surface area contributed by atoms with Crippen LogP contribution in [0.4, 0.5) is 0 Å². The average Bonchev–Trinajstić information content (AvgIpc) is 3.04. The van der Waals surface area contributed by atoms with E-state index < -0.39 is 0 Å². The predicted octanol–water partition coefficient (Wildman–Crippen LogP) is 2.54.